The van der Waals surface area contributed by atoms with Gasteiger partial charge in [-0.15, -0.1) is 5.10 Å². The van der Waals surface area contributed by atoms with E-state index in [0.29, 0.717) is 17.1 Å². The number of nitrogens with zero attached hydrogens (tertiary/aromatic N) is 4. The van der Waals surface area contributed by atoms with Crippen LogP contribution in [0.2, 0.25) is 0 Å². The number of carbonyl (C=O) groups excluding carboxylic acids is 1. The normalized spacial score (nSPS) is 10.5. The minimum Gasteiger partial charge on any atom is -0.469 e. The summed E-state index contributed by atoms with van der Waals surface area (Å²) in [5.74, 6) is 0.488. The van der Waals surface area contributed by atoms with Gasteiger partial charge in [0.2, 0.25) is 0 Å². The van der Waals surface area contributed by atoms with Gasteiger partial charge in [-0.25, -0.2) is 4.79 Å². The molecule has 0 aliphatic carbocycles. The Bertz CT molecular complexity index is 748. The van der Waals surface area contributed by atoms with Crippen LogP contribution < -0.4 is 0 Å². The standard InChI is InChI=1S/C14H12N4O3/c1-10-12(7-8-20-10)14(19)21-9-13-15-16-17-18(13)11-5-3-2-4-6-11/h2-8H,9H2,1H3. The highest BCUT2D eigenvalue weighted by atomic mass is 16.5. The SMILES string of the molecule is Cc1occc1C(=O)OCc1nnnn1-c1ccccc1. The predicted octanol–water partition coefficient (Wildman–Crippen LogP) is 1.92. The summed E-state index contributed by atoms with van der Waals surface area (Å²) in [5, 5.41) is 11.4. The Hall–Kier alpha value is -2.96. The van der Waals surface area contributed by atoms with Crippen LogP contribution >= 0.6 is 0 Å². The maximum absolute atomic E-state index is 11.9. The number of tetrazole rings is 1. The molecule has 21 heavy (non-hydrogen) atoms. The van der Waals surface area contributed by atoms with Gasteiger partial charge >= 0.3 is 5.97 Å². The van der Waals surface area contributed by atoms with Crippen molar-refractivity contribution in [3.05, 3.63) is 59.8 Å². The molecule has 0 radical (unpaired) electrons. The number of rotatable bonds is 4. The summed E-state index contributed by atoms with van der Waals surface area (Å²) >= 11 is 0. The molecule has 0 atom stereocenters. The number of hydrogen-bond acceptors (Lipinski definition) is 6. The lowest BCUT2D eigenvalue weighted by molar-refractivity contribution is 0.0457. The molecule has 0 aliphatic heterocycles. The maximum Gasteiger partial charge on any atom is 0.342 e. The zero-order valence-electron chi connectivity index (χ0n) is 11.3. The number of esters is 1. The summed E-state index contributed by atoms with van der Waals surface area (Å²) < 4.78 is 11.8. The second kappa shape index (κ2) is 5.58. The first-order chi connectivity index (χ1) is 10.3. The van der Waals surface area contributed by atoms with Gasteiger partial charge in [0.15, 0.2) is 12.4 Å². The minimum atomic E-state index is -0.469. The fourth-order valence-corrected chi connectivity index (χ4v) is 1.87. The van der Waals surface area contributed by atoms with Crippen LogP contribution in [0.1, 0.15) is 21.9 Å². The highest BCUT2D eigenvalue weighted by Gasteiger charge is 2.15. The van der Waals surface area contributed by atoms with Crippen molar-refractivity contribution in [2.75, 3.05) is 0 Å². The Morgan fingerprint density at radius 1 is 1.29 bits per heavy atom. The summed E-state index contributed by atoms with van der Waals surface area (Å²) in [6, 6.07) is 10.9. The molecule has 0 saturated carbocycles. The summed E-state index contributed by atoms with van der Waals surface area (Å²) in [6.07, 6.45) is 1.44. The molecule has 1 aromatic carbocycles. The van der Waals surface area contributed by atoms with Gasteiger partial charge in [-0.05, 0) is 35.5 Å². The van der Waals surface area contributed by atoms with Crippen LogP contribution in [0.15, 0.2) is 47.1 Å². The van der Waals surface area contributed by atoms with Crippen LogP contribution in [0.5, 0.6) is 0 Å². The van der Waals surface area contributed by atoms with Crippen molar-refractivity contribution in [2.45, 2.75) is 13.5 Å². The molecule has 0 bridgehead atoms. The van der Waals surface area contributed by atoms with Crippen molar-refractivity contribution in [3.8, 4) is 5.69 Å². The summed E-state index contributed by atoms with van der Waals surface area (Å²) in [4.78, 5) is 11.9. The number of aryl methyl sites for hydroxylation is 1. The molecule has 106 valence electrons. The third-order valence-electron chi connectivity index (χ3n) is 2.95. The molecular formula is C14H12N4O3. The molecule has 0 fully saturated rings. The van der Waals surface area contributed by atoms with Crippen LogP contribution in [0.4, 0.5) is 0 Å². The largest absolute Gasteiger partial charge is 0.469 e. The first-order valence-electron chi connectivity index (χ1n) is 6.29. The molecule has 0 unspecified atom stereocenters. The maximum atomic E-state index is 11.9. The third-order valence-corrected chi connectivity index (χ3v) is 2.95. The van der Waals surface area contributed by atoms with Crippen LogP contribution in [0.3, 0.4) is 0 Å². The monoisotopic (exact) mass is 284 g/mol. The lowest BCUT2D eigenvalue weighted by Crippen LogP contribution is -2.10. The average Bonchev–Trinajstić information content (AvgIpc) is 3.14. The molecule has 0 N–H and O–H groups in total. The molecule has 7 nitrogen and oxygen atoms in total. The van der Waals surface area contributed by atoms with Gasteiger partial charge in [-0.3, -0.25) is 0 Å². The van der Waals surface area contributed by atoms with Crippen molar-refractivity contribution < 1.29 is 13.9 Å². The van der Waals surface area contributed by atoms with Gasteiger partial charge in [0.05, 0.1) is 12.0 Å². The number of ether oxygens (including phenoxy) is 1. The van der Waals surface area contributed by atoms with Crippen LogP contribution in [0.25, 0.3) is 5.69 Å². The van der Waals surface area contributed by atoms with Gasteiger partial charge in [0.25, 0.3) is 0 Å². The predicted molar refractivity (Wildman–Crippen MR) is 71.7 cm³/mol. The Balaban J connectivity index is 1.74. The first kappa shape index (κ1) is 13.0. The van der Waals surface area contributed by atoms with E-state index in [1.807, 2.05) is 30.3 Å². The molecule has 0 spiro atoms. The van der Waals surface area contributed by atoms with Gasteiger partial charge < -0.3 is 9.15 Å². The van der Waals surface area contributed by atoms with E-state index < -0.39 is 5.97 Å². The quantitative estimate of drug-likeness (QED) is 0.681. The molecule has 0 saturated heterocycles. The second-order valence-electron chi connectivity index (χ2n) is 4.31. The molecular weight excluding hydrogens is 272 g/mol. The number of benzene rings is 1. The zero-order chi connectivity index (χ0) is 14.7. The Morgan fingerprint density at radius 2 is 2.10 bits per heavy atom. The summed E-state index contributed by atoms with van der Waals surface area (Å²) in [6.45, 7) is 1.68. The second-order valence-corrected chi connectivity index (χ2v) is 4.31. The summed E-state index contributed by atoms with van der Waals surface area (Å²) in [5.41, 5.74) is 1.20. The van der Waals surface area contributed by atoms with E-state index in [9.17, 15) is 4.79 Å². The number of aromatic nitrogens is 4. The Labute approximate surface area is 120 Å². The van der Waals surface area contributed by atoms with E-state index >= 15 is 0 Å². The van der Waals surface area contributed by atoms with Crippen molar-refractivity contribution in [1.29, 1.82) is 0 Å². The van der Waals surface area contributed by atoms with E-state index in [0.717, 1.165) is 5.69 Å². The third kappa shape index (κ3) is 2.66. The number of hydrogen-bond donors (Lipinski definition) is 0. The topological polar surface area (TPSA) is 83.0 Å². The van der Waals surface area contributed by atoms with Crippen molar-refractivity contribution >= 4 is 5.97 Å². The molecule has 3 rings (SSSR count). The molecule has 0 amide bonds. The average molecular weight is 284 g/mol. The molecule has 3 aromatic rings. The minimum absolute atomic E-state index is 0.0225. The first-order valence-corrected chi connectivity index (χ1v) is 6.29. The van der Waals surface area contributed by atoms with Crippen LogP contribution in [-0.2, 0) is 11.3 Å². The molecule has 7 heteroatoms. The number of para-hydroxylation sites is 1. The Morgan fingerprint density at radius 3 is 2.81 bits per heavy atom. The van der Waals surface area contributed by atoms with Crippen molar-refractivity contribution in [3.63, 3.8) is 0 Å². The van der Waals surface area contributed by atoms with Crippen molar-refractivity contribution in [1.82, 2.24) is 20.2 Å². The van der Waals surface area contributed by atoms with Gasteiger partial charge in [0, 0.05) is 0 Å². The van der Waals surface area contributed by atoms with Gasteiger partial charge in [-0.1, -0.05) is 18.2 Å². The zero-order valence-corrected chi connectivity index (χ0v) is 11.3. The van der Waals surface area contributed by atoms with Crippen molar-refractivity contribution in [2.24, 2.45) is 0 Å². The Kier molecular flexibility index (Phi) is 3.46. The smallest absolute Gasteiger partial charge is 0.342 e. The van der Waals surface area contributed by atoms with E-state index in [-0.39, 0.29) is 6.61 Å². The van der Waals surface area contributed by atoms with Gasteiger partial charge in [0.1, 0.15) is 11.3 Å². The number of carbonyl (C=O) groups is 1. The number of furan rings is 1. The fourth-order valence-electron chi connectivity index (χ4n) is 1.87. The van der Waals surface area contributed by atoms with Gasteiger partial charge in [-0.2, -0.15) is 4.68 Å². The lowest BCUT2D eigenvalue weighted by atomic mass is 10.3. The summed E-state index contributed by atoms with van der Waals surface area (Å²) in [7, 11) is 0. The fraction of sp³-hybridized carbons (Fsp3) is 0.143. The van der Waals surface area contributed by atoms with Crippen LogP contribution in [0, 0.1) is 6.92 Å². The van der Waals surface area contributed by atoms with E-state index in [2.05, 4.69) is 15.5 Å². The molecule has 0 aliphatic rings. The van der Waals surface area contributed by atoms with Crippen LogP contribution in [-0.4, -0.2) is 26.2 Å². The van der Waals surface area contributed by atoms with E-state index in [1.54, 1.807) is 13.0 Å². The van der Waals surface area contributed by atoms with E-state index in [1.165, 1.54) is 10.9 Å². The highest BCUT2D eigenvalue weighted by Crippen LogP contribution is 2.12. The van der Waals surface area contributed by atoms with E-state index in [4.69, 9.17) is 9.15 Å². The molecule has 2 heterocycles. The lowest BCUT2D eigenvalue weighted by Gasteiger charge is -2.05. The molecule has 2 aromatic heterocycles. The highest BCUT2D eigenvalue weighted by molar-refractivity contribution is 5.90.